The van der Waals surface area contributed by atoms with Crippen LogP contribution in [0.25, 0.3) is 0 Å². The maximum atomic E-state index is 4.21. The van der Waals surface area contributed by atoms with Crippen LogP contribution in [0.3, 0.4) is 0 Å². The lowest BCUT2D eigenvalue weighted by atomic mass is 10.2. The fourth-order valence-corrected chi connectivity index (χ4v) is 2.04. The first-order chi connectivity index (χ1) is 6.38. The van der Waals surface area contributed by atoms with E-state index >= 15 is 0 Å². The Hall–Kier alpha value is 0.310. The number of nitrogens with zero attached hydrogens (tertiary/aromatic N) is 1. The molecule has 1 saturated carbocycles. The maximum Gasteiger partial charge on any atom is 0.00963 e. The molecule has 0 aromatic heterocycles. The van der Waals surface area contributed by atoms with E-state index in [9.17, 15) is 0 Å². The summed E-state index contributed by atoms with van der Waals surface area (Å²) in [6.07, 6.45) is 8.33. The Morgan fingerprint density at radius 3 is 2.38 bits per heavy atom. The molecule has 0 heterocycles. The Bertz CT molecular complexity index is 123. The zero-order valence-corrected chi connectivity index (χ0v) is 9.73. The second-order valence-electron chi connectivity index (χ2n) is 4.00. The van der Waals surface area contributed by atoms with Gasteiger partial charge in [0.2, 0.25) is 0 Å². The summed E-state index contributed by atoms with van der Waals surface area (Å²) in [7, 11) is 0. The standard InChI is InChI=1S/C11H23NS/c1-2-12(11-7-8-11)9-5-3-4-6-10-13/h11,13H,2-10H2,1H3. The normalized spacial score (nSPS) is 16.8. The van der Waals surface area contributed by atoms with Gasteiger partial charge in [-0.05, 0) is 44.5 Å². The van der Waals surface area contributed by atoms with E-state index in [1.54, 1.807) is 0 Å². The van der Waals surface area contributed by atoms with E-state index in [0.29, 0.717) is 0 Å². The first-order valence-electron chi connectivity index (χ1n) is 5.73. The Kier molecular flexibility index (Phi) is 5.88. The highest BCUT2D eigenvalue weighted by atomic mass is 32.1. The van der Waals surface area contributed by atoms with Crippen molar-refractivity contribution in [2.24, 2.45) is 0 Å². The first kappa shape index (κ1) is 11.4. The molecule has 0 spiro atoms. The Balaban J connectivity index is 1.90. The molecule has 0 aliphatic heterocycles. The largest absolute Gasteiger partial charge is 0.301 e. The van der Waals surface area contributed by atoms with Gasteiger partial charge < -0.3 is 4.90 Å². The third-order valence-electron chi connectivity index (χ3n) is 2.82. The van der Waals surface area contributed by atoms with Crippen molar-refractivity contribution in [2.75, 3.05) is 18.8 Å². The molecule has 1 aliphatic carbocycles. The van der Waals surface area contributed by atoms with Gasteiger partial charge in [0.15, 0.2) is 0 Å². The van der Waals surface area contributed by atoms with Gasteiger partial charge in [0, 0.05) is 6.04 Å². The zero-order chi connectivity index (χ0) is 9.52. The fourth-order valence-electron chi connectivity index (χ4n) is 1.82. The molecule has 1 nitrogen and oxygen atoms in total. The summed E-state index contributed by atoms with van der Waals surface area (Å²) < 4.78 is 0. The molecule has 1 fully saturated rings. The van der Waals surface area contributed by atoms with Crippen LogP contribution in [-0.4, -0.2) is 29.8 Å². The van der Waals surface area contributed by atoms with Gasteiger partial charge in [0.25, 0.3) is 0 Å². The van der Waals surface area contributed by atoms with Gasteiger partial charge in [-0.25, -0.2) is 0 Å². The molecule has 78 valence electrons. The van der Waals surface area contributed by atoms with Crippen molar-refractivity contribution in [3.63, 3.8) is 0 Å². The molecule has 0 amide bonds. The van der Waals surface area contributed by atoms with Gasteiger partial charge in [-0.2, -0.15) is 12.6 Å². The van der Waals surface area contributed by atoms with E-state index in [2.05, 4.69) is 24.5 Å². The zero-order valence-electron chi connectivity index (χ0n) is 8.84. The van der Waals surface area contributed by atoms with Crippen LogP contribution in [0.2, 0.25) is 0 Å². The molecular weight excluding hydrogens is 178 g/mol. The SMILES string of the molecule is CCN(CCCCCCS)C1CC1. The van der Waals surface area contributed by atoms with Gasteiger partial charge >= 0.3 is 0 Å². The summed E-state index contributed by atoms with van der Waals surface area (Å²) in [5.74, 6) is 1.06. The molecule has 0 atom stereocenters. The van der Waals surface area contributed by atoms with Crippen molar-refractivity contribution in [1.82, 2.24) is 4.90 Å². The van der Waals surface area contributed by atoms with Crippen molar-refractivity contribution >= 4 is 12.6 Å². The highest BCUT2D eigenvalue weighted by Gasteiger charge is 2.26. The molecule has 1 aliphatic rings. The van der Waals surface area contributed by atoms with Crippen molar-refractivity contribution in [3.05, 3.63) is 0 Å². The summed E-state index contributed by atoms with van der Waals surface area (Å²) in [5, 5.41) is 0. The summed E-state index contributed by atoms with van der Waals surface area (Å²) in [5.41, 5.74) is 0. The topological polar surface area (TPSA) is 3.24 Å². The van der Waals surface area contributed by atoms with Crippen LogP contribution < -0.4 is 0 Å². The van der Waals surface area contributed by atoms with Gasteiger partial charge in [-0.15, -0.1) is 0 Å². The van der Waals surface area contributed by atoms with Gasteiger partial charge in [0.05, 0.1) is 0 Å². The van der Waals surface area contributed by atoms with Crippen molar-refractivity contribution in [3.8, 4) is 0 Å². The van der Waals surface area contributed by atoms with Gasteiger partial charge in [-0.1, -0.05) is 19.8 Å². The third-order valence-corrected chi connectivity index (χ3v) is 3.14. The maximum absolute atomic E-state index is 4.21. The van der Waals surface area contributed by atoms with E-state index in [-0.39, 0.29) is 0 Å². The fraction of sp³-hybridized carbons (Fsp3) is 1.00. The molecule has 1 rings (SSSR count). The van der Waals surface area contributed by atoms with Crippen LogP contribution in [0.15, 0.2) is 0 Å². The molecule has 0 saturated heterocycles. The van der Waals surface area contributed by atoms with Crippen LogP contribution in [0, 0.1) is 0 Å². The average molecular weight is 201 g/mol. The molecule has 13 heavy (non-hydrogen) atoms. The Labute approximate surface area is 88.3 Å². The molecule has 0 N–H and O–H groups in total. The van der Waals surface area contributed by atoms with Crippen molar-refractivity contribution in [2.45, 2.75) is 51.5 Å². The van der Waals surface area contributed by atoms with E-state index < -0.39 is 0 Å². The predicted octanol–water partition coefficient (Wildman–Crippen LogP) is 2.96. The highest BCUT2D eigenvalue weighted by molar-refractivity contribution is 7.80. The number of rotatable bonds is 8. The van der Waals surface area contributed by atoms with Crippen LogP contribution in [0.4, 0.5) is 0 Å². The summed E-state index contributed by atoms with van der Waals surface area (Å²) in [6, 6.07) is 0.954. The molecule has 0 unspecified atom stereocenters. The molecule has 2 heteroatoms. The molecule has 0 bridgehead atoms. The van der Waals surface area contributed by atoms with Crippen LogP contribution in [0.1, 0.15) is 45.4 Å². The second-order valence-corrected chi connectivity index (χ2v) is 4.44. The lowest BCUT2D eigenvalue weighted by Gasteiger charge is -2.19. The molecule has 0 aromatic carbocycles. The Morgan fingerprint density at radius 1 is 1.15 bits per heavy atom. The minimum atomic E-state index is 0.954. The van der Waals surface area contributed by atoms with Crippen LogP contribution >= 0.6 is 12.6 Å². The summed E-state index contributed by atoms with van der Waals surface area (Å²) in [6.45, 7) is 4.86. The van der Waals surface area contributed by atoms with Gasteiger partial charge in [-0.3, -0.25) is 0 Å². The number of thiol groups is 1. The Morgan fingerprint density at radius 2 is 1.85 bits per heavy atom. The lowest BCUT2D eigenvalue weighted by Crippen LogP contribution is -2.26. The number of hydrogen-bond acceptors (Lipinski definition) is 2. The summed E-state index contributed by atoms with van der Waals surface area (Å²) in [4.78, 5) is 2.64. The van der Waals surface area contributed by atoms with Crippen LogP contribution in [-0.2, 0) is 0 Å². The quantitative estimate of drug-likeness (QED) is 0.467. The van der Waals surface area contributed by atoms with Crippen molar-refractivity contribution in [1.29, 1.82) is 0 Å². The monoisotopic (exact) mass is 201 g/mol. The smallest absolute Gasteiger partial charge is 0.00963 e. The molecule has 0 aromatic rings. The van der Waals surface area contributed by atoms with Crippen molar-refractivity contribution < 1.29 is 0 Å². The number of hydrogen-bond donors (Lipinski definition) is 1. The molecular formula is C11H23NS. The predicted molar refractivity (Wildman–Crippen MR) is 62.6 cm³/mol. The van der Waals surface area contributed by atoms with Crippen LogP contribution in [0.5, 0.6) is 0 Å². The molecule has 0 radical (unpaired) electrons. The first-order valence-corrected chi connectivity index (χ1v) is 6.36. The van der Waals surface area contributed by atoms with E-state index in [1.807, 2.05) is 0 Å². The highest BCUT2D eigenvalue weighted by Crippen LogP contribution is 2.26. The third kappa shape index (κ3) is 4.92. The van der Waals surface area contributed by atoms with E-state index in [1.165, 1.54) is 51.6 Å². The summed E-state index contributed by atoms with van der Waals surface area (Å²) >= 11 is 4.21. The minimum Gasteiger partial charge on any atom is -0.301 e. The average Bonchev–Trinajstić information content (AvgIpc) is 2.95. The van der Waals surface area contributed by atoms with E-state index in [0.717, 1.165) is 11.8 Å². The minimum absolute atomic E-state index is 0.954. The number of unbranched alkanes of at least 4 members (excludes halogenated alkanes) is 3. The second kappa shape index (κ2) is 6.72. The lowest BCUT2D eigenvalue weighted by molar-refractivity contribution is 0.271. The van der Waals surface area contributed by atoms with E-state index in [4.69, 9.17) is 0 Å². The van der Waals surface area contributed by atoms with Gasteiger partial charge in [0.1, 0.15) is 0 Å².